The molecule has 2 unspecified atom stereocenters. The Labute approximate surface area is 139 Å². The summed E-state index contributed by atoms with van der Waals surface area (Å²) in [6, 6.07) is 0.285. The van der Waals surface area contributed by atoms with Crippen LogP contribution in [0.3, 0.4) is 0 Å². The highest BCUT2D eigenvalue weighted by molar-refractivity contribution is 7.92. The van der Waals surface area contributed by atoms with E-state index in [0.717, 1.165) is 31.2 Å². The van der Waals surface area contributed by atoms with Gasteiger partial charge in [-0.25, -0.2) is 8.42 Å². The number of nitrogens with zero attached hydrogens (tertiary/aromatic N) is 1. The highest BCUT2D eigenvalue weighted by Crippen LogP contribution is 2.48. The van der Waals surface area contributed by atoms with E-state index in [9.17, 15) is 13.2 Å². The summed E-state index contributed by atoms with van der Waals surface area (Å²) < 4.78 is 24.0. The third-order valence-electron chi connectivity index (χ3n) is 6.88. The average Bonchev–Trinajstić information content (AvgIpc) is 2.70. The minimum absolute atomic E-state index is 0.0836. The van der Waals surface area contributed by atoms with E-state index < -0.39 is 14.6 Å². The van der Waals surface area contributed by atoms with E-state index in [1.54, 1.807) is 0 Å². The maximum absolute atomic E-state index is 13.5. The number of nitrogens with one attached hydrogen (secondary N) is 1. The van der Waals surface area contributed by atoms with Crippen molar-refractivity contribution in [3.63, 3.8) is 0 Å². The zero-order chi connectivity index (χ0) is 16.2. The van der Waals surface area contributed by atoms with Crippen molar-refractivity contribution in [3.05, 3.63) is 0 Å². The lowest BCUT2D eigenvalue weighted by molar-refractivity contribution is -0.137. The molecule has 5 aliphatic rings. The standard InChI is InChI=1S/C17H28N2O3S/c1-23(21,22)17(2-4-18-5-3-17)16(20)19-11-14-7-12-6-13(8-14)10-15(19)9-12/h12-15,18H,2-11H2,1H3. The van der Waals surface area contributed by atoms with E-state index >= 15 is 0 Å². The smallest absolute Gasteiger partial charge is 0.244 e. The number of hydrogen-bond acceptors (Lipinski definition) is 4. The van der Waals surface area contributed by atoms with Crippen molar-refractivity contribution in [2.45, 2.75) is 55.7 Å². The Kier molecular flexibility index (Phi) is 3.76. The Morgan fingerprint density at radius 2 is 1.57 bits per heavy atom. The molecule has 3 heterocycles. The van der Waals surface area contributed by atoms with Gasteiger partial charge >= 0.3 is 0 Å². The van der Waals surface area contributed by atoms with Crippen LogP contribution in [0.15, 0.2) is 0 Å². The molecule has 5 fully saturated rings. The summed E-state index contributed by atoms with van der Waals surface area (Å²) in [5.74, 6) is 2.03. The van der Waals surface area contributed by atoms with Crippen molar-refractivity contribution >= 4 is 15.7 Å². The first-order valence-electron chi connectivity index (χ1n) is 9.10. The maximum atomic E-state index is 13.5. The molecule has 0 aromatic carbocycles. The number of rotatable bonds is 2. The summed E-state index contributed by atoms with van der Waals surface area (Å²) in [5, 5.41) is 3.21. The number of piperidine rings is 1. The second-order valence-electron chi connectivity index (χ2n) is 8.40. The van der Waals surface area contributed by atoms with Crippen LogP contribution in [-0.2, 0) is 14.6 Å². The SMILES string of the molecule is CS(=O)(=O)C1(C(=O)N2CC3CC4CC(C3)CC2C4)CCNCC1. The van der Waals surface area contributed by atoms with Crippen molar-refractivity contribution in [2.24, 2.45) is 17.8 Å². The first-order chi connectivity index (χ1) is 10.9. The van der Waals surface area contributed by atoms with Gasteiger partial charge in [-0.1, -0.05) is 0 Å². The summed E-state index contributed by atoms with van der Waals surface area (Å²) in [5.41, 5.74) is 0. The number of fused-ring (bicyclic) bond motifs is 1. The molecule has 0 aromatic heterocycles. The third kappa shape index (κ3) is 2.53. The van der Waals surface area contributed by atoms with Crippen LogP contribution in [-0.4, -0.2) is 55.9 Å². The number of amides is 1. The minimum atomic E-state index is -3.41. The summed E-state index contributed by atoms with van der Waals surface area (Å²) in [4.78, 5) is 15.5. The topological polar surface area (TPSA) is 66.5 Å². The van der Waals surface area contributed by atoms with E-state index in [1.807, 2.05) is 4.90 Å². The van der Waals surface area contributed by atoms with Gasteiger partial charge < -0.3 is 10.2 Å². The molecule has 0 spiro atoms. The number of carbonyl (C=O) groups is 1. The van der Waals surface area contributed by atoms with Crippen LogP contribution in [0.25, 0.3) is 0 Å². The summed E-state index contributed by atoms with van der Waals surface area (Å²) in [6.45, 7) is 2.03. The second-order valence-corrected chi connectivity index (χ2v) is 10.7. The largest absolute Gasteiger partial charge is 0.338 e. The van der Waals surface area contributed by atoms with Gasteiger partial charge in [0.05, 0.1) is 0 Å². The molecule has 6 heteroatoms. The first kappa shape index (κ1) is 15.9. The highest BCUT2D eigenvalue weighted by atomic mass is 32.2. The minimum Gasteiger partial charge on any atom is -0.338 e. The Morgan fingerprint density at radius 3 is 2.13 bits per heavy atom. The van der Waals surface area contributed by atoms with Crippen LogP contribution in [0.1, 0.15) is 44.9 Å². The molecule has 3 aliphatic heterocycles. The van der Waals surface area contributed by atoms with Crippen LogP contribution in [0, 0.1) is 17.8 Å². The molecule has 2 saturated carbocycles. The molecule has 2 aliphatic carbocycles. The number of carbonyl (C=O) groups excluding carboxylic acids is 1. The molecule has 2 atom stereocenters. The lowest BCUT2D eigenvalue weighted by Gasteiger charge is -2.42. The quantitative estimate of drug-likeness (QED) is 0.820. The lowest BCUT2D eigenvalue weighted by atomic mass is 9.68. The van der Waals surface area contributed by atoms with Crippen LogP contribution >= 0.6 is 0 Å². The zero-order valence-corrected chi connectivity index (χ0v) is 14.8. The normalized spacial score (nSPS) is 39.3. The molecule has 3 saturated heterocycles. The van der Waals surface area contributed by atoms with E-state index in [0.29, 0.717) is 31.8 Å². The van der Waals surface area contributed by atoms with Crippen molar-refractivity contribution in [2.75, 3.05) is 25.9 Å². The Hall–Kier alpha value is -0.620. The van der Waals surface area contributed by atoms with Crippen LogP contribution < -0.4 is 5.32 Å². The van der Waals surface area contributed by atoms with Crippen molar-refractivity contribution in [3.8, 4) is 0 Å². The number of hydrogen-bond donors (Lipinski definition) is 1. The third-order valence-corrected chi connectivity index (χ3v) is 8.88. The Balaban J connectivity index is 1.67. The van der Waals surface area contributed by atoms with Crippen LogP contribution in [0.5, 0.6) is 0 Å². The van der Waals surface area contributed by atoms with Gasteiger partial charge in [0.25, 0.3) is 0 Å². The molecule has 1 amide bonds. The summed E-state index contributed by atoms with van der Waals surface area (Å²) >= 11 is 0. The van der Waals surface area contributed by atoms with E-state index in [-0.39, 0.29) is 11.9 Å². The van der Waals surface area contributed by atoms with Gasteiger partial charge in [0.1, 0.15) is 0 Å². The zero-order valence-electron chi connectivity index (χ0n) is 14.0. The molecule has 1 N–H and O–H groups in total. The van der Waals surface area contributed by atoms with Crippen LogP contribution in [0.2, 0.25) is 0 Å². The Bertz CT molecular complexity index is 583. The Morgan fingerprint density at radius 1 is 1.00 bits per heavy atom. The van der Waals surface area contributed by atoms with Gasteiger partial charge in [-0.2, -0.15) is 0 Å². The predicted molar refractivity (Wildman–Crippen MR) is 88.7 cm³/mol. The van der Waals surface area contributed by atoms with Gasteiger partial charge in [0.15, 0.2) is 14.6 Å². The molecular formula is C17H28N2O3S. The van der Waals surface area contributed by atoms with Crippen molar-refractivity contribution in [1.82, 2.24) is 10.2 Å². The van der Waals surface area contributed by atoms with E-state index in [2.05, 4.69) is 5.32 Å². The molecule has 5 rings (SSSR count). The molecule has 130 valence electrons. The lowest BCUT2D eigenvalue weighted by Crippen LogP contribution is -2.60. The van der Waals surface area contributed by atoms with Gasteiger partial charge in [0, 0.05) is 18.8 Å². The average molecular weight is 340 g/mol. The molecule has 5 nitrogen and oxygen atoms in total. The molecule has 23 heavy (non-hydrogen) atoms. The van der Waals surface area contributed by atoms with Gasteiger partial charge in [0.2, 0.25) is 5.91 Å². The van der Waals surface area contributed by atoms with E-state index in [1.165, 1.54) is 25.5 Å². The van der Waals surface area contributed by atoms with Gasteiger partial charge in [-0.05, 0) is 75.8 Å². The number of sulfone groups is 1. The predicted octanol–water partition coefficient (Wildman–Crippen LogP) is 1.19. The summed E-state index contributed by atoms with van der Waals surface area (Å²) in [6.07, 6.45) is 8.10. The fourth-order valence-corrected chi connectivity index (χ4v) is 7.25. The monoisotopic (exact) mass is 340 g/mol. The fourth-order valence-electron chi connectivity index (χ4n) is 5.87. The van der Waals surface area contributed by atoms with Gasteiger partial charge in [-0.15, -0.1) is 0 Å². The van der Waals surface area contributed by atoms with E-state index in [4.69, 9.17) is 0 Å². The van der Waals surface area contributed by atoms with Crippen molar-refractivity contribution in [1.29, 1.82) is 0 Å². The maximum Gasteiger partial charge on any atom is 0.244 e. The molecule has 4 bridgehead atoms. The van der Waals surface area contributed by atoms with Gasteiger partial charge in [-0.3, -0.25) is 4.79 Å². The molecule has 0 aromatic rings. The summed E-state index contributed by atoms with van der Waals surface area (Å²) in [7, 11) is -3.41. The van der Waals surface area contributed by atoms with Crippen molar-refractivity contribution < 1.29 is 13.2 Å². The second kappa shape index (κ2) is 5.45. The fraction of sp³-hybridized carbons (Fsp3) is 0.941. The molecule has 0 radical (unpaired) electrons. The highest BCUT2D eigenvalue weighted by Gasteiger charge is 2.54. The first-order valence-corrected chi connectivity index (χ1v) is 11.0. The molecular weight excluding hydrogens is 312 g/mol. The van der Waals surface area contributed by atoms with Crippen LogP contribution in [0.4, 0.5) is 0 Å².